The minimum absolute atomic E-state index is 0.0641. The second kappa shape index (κ2) is 48.9. The van der Waals surface area contributed by atoms with E-state index in [2.05, 4.69) is 189 Å². The average Bonchev–Trinajstić information content (AvgIpc) is 1.39. The third kappa shape index (κ3) is 27.0. The van der Waals surface area contributed by atoms with Crippen molar-refractivity contribution in [2.45, 2.75) is 106 Å². The number of hydrogen-bond donors (Lipinski definition) is 1. The number of rotatable bonds is 32. The number of nitrogens with zero attached hydrogens (tertiary/aromatic N) is 25. The second-order valence-corrected chi connectivity index (χ2v) is 36.1. The van der Waals surface area contributed by atoms with E-state index in [-0.39, 0.29) is 36.5 Å². The minimum atomic E-state index is -0.534. The van der Waals surface area contributed by atoms with Gasteiger partial charge in [0.05, 0.1) is 138 Å². The number of carbonyl (C=O) groups is 4. The first-order valence-corrected chi connectivity index (χ1v) is 48.5. The van der Waals surface area contributed by atoms with Gasteiger partial charge >= 0.3 is 0 Å². The van der Waals surface area contributed by atoms with E-state index in [9.17, 15) is 24.0 Å². The van der Waals surface area contributed by atoms with Crippen molar-refractivity contribution in [3.05, 3.63) is 492 Å². The van der Waals surface area contributed by atoms with Gasteiger partial charge in [0.25, 0.3) is 29.2 Å². The number of nitrogens with one attached hydrogen (secondary N) is 1. The maximum atomic E-state index is 13.7. The van der Waals surface area contributed by atoms with Gasteiger partial charge in [0, 0.05) is 48.7 Å². The summed E-state index contributed by atoms with van der Waals surface area (Å²) in [6.07, 6.45) is 12.6. The Morgan fingerprint density at radius 1 is 0.309 bits per heavy atom. The monoisotopic (exact) mass is 1960 g/mol. The van der Waals surface area contributed by atoms with Gasteiger partial charge in [-0.3, -0.25) is 33.9 Å². The summed E-state index contributed by atoms with van der Waals surface area (Å²) in [6.45, 7) is 13.3. The molecule has 0 aliphatic rings. The summed E-state index contributed by atoms with van der Waals surface area (Å²) in [6, 6.07) is 107. The van der Waals surface area contributed by atoms with E-state index in [4.69, 9.17) is 21.0 Å². The topological polar surface area (TPSA) is 397 Å². The van der Waals surface area contributed by atoms with Crippen molar-refractivity contribution < 1.29 is 19.2 Å². The standard InChI is InChI=1S/2C30H26N6O.C29H25N7O2.C29H25N7O/c1-22-4-6-23(7-5-22)14-16-35(30(37)27-12-13-28-26(17-27)3-2-15-32-28)20-29-34-33-21-36(29)19-25-10-8-24(18-31)9-11-25;1-22-6-8-23(9-7-22)16-17-35(30(37)28-15-14-26-4-2-3-5-27(26)33-28)20-29-34-32-21-36(29)19-25-12-10-24(18-31)11-13-25;1-20-6-8-21(9-7-20)14-15-35(29(38)27-28(37)33-25-5-3-2-4-24(25)32-27)18-26-34-31-19-36(26)17-23-12-10-22(16-30)11-13-23;1-21-6-8-22(9-7-21)14-15-35(29(37)27-17-31-25-4-2-3-5-26(25)33-27)19-28-34-32-20-36(28)18-24-12-10-23(16-30)11-13-24/h2-13,15,17,21H,14,16,19-20H2,1H3;2-15,21H,16-17,19-20H2,1H3;2-13,19H,14-15,17-18H2,1H3,(H,33,37);2-13,17,20H,14-15,18-19H2,1H3. The molecule has 149 heavy (non-hydrogen) atoms. The molecule has 0 spiro atoms. The fourth-order valence-electron chi connectivity index (χ4n) is 16.7. The lowest BCUT2D eigenvalue weighted by atomic mass is 10.1. The molecule has 20 rings (SSSR count). The average molecular weight is 1960 g/mol. The molecule has 0 fully saturated rings. The number of fused-ring (bicyclic) bond motifs is 4. The Balaban J connectivity index is 0.000000135. The maximum Gasteiger partial charge on any atom is 0.280 e. The molecule has 0 aliphatic carbocycles. The molecule has 0 saturated carbocycles. The van der Waals surface area contributed by atoms with Gasteiger partial charge in [-0.25, -0.2) is 15.0 Å². The number of H-pyrrole nitrogens is 1. The van der Waals surface area contributed by atoms with Crippen LogP contribution in [0.5, 0.6) is 0 Å². The van der Waals surface area contributed by atoms with Crippen LogP contribution >= 0.6 is 0 Å². The Kier molecular flexibility index (Phi) is 33.1. The van der Waals surface area contributed by atoms with Gasteiger partial charge in [0.15, 0.2) is 29.0 Å². The summed E-state index contributed by atoms with van der Waals surface area (Å²) in [5, 5.41) is 71.8. The molecule has 4 amide bonds. The normalized spacial score (nSPS) is 10.8. The number of nitriles is 4. The highest BCUT2D eigenvalue weighted by Gasteiger charge is 2.28. The first kappa shape index (κ1) is 101. The Labute approximate surface area is 859 Å². The third-order valence-corrected chi connectivity index (χ3v) is 25.3. The Hall–Kier alpha value is -19.7. The molecule has 31 nitrogen and oxygen atoms in total. The minimum Gasteiger partial charge on any atom is -0.331 e. The number of carbonyl (C=O) groups excluding carboxylic acids is 4. The highest BCUT2D eigenvalue weighted by molar-refractivity contribution is 5.99. The molecular weight excluding hydrogens is 1860 g/mol. The van der Waals surface area contributed by atoms with Gasteiger partial charge in [-0.2, -0.15) is 21.0 Å². The highest BCUT2D eigenvalue weighted by Crippen LogP contribution is 2.25. The van der Waals surface area contributed by atoms with Crippen molar-refractivity contribution >= 4 is 67.5 Å². The Bertz CT molecular complexity index is 7760. The molecule has 12 aromatic carbocycles. The van der Waals surface area contributed by atoms with Crippen molar-refractivity contribution in [3.8, 4) is 24.3 Å². The van der Waals surface area contributed by atoms with Crippen molar-refractivity contribution in [3.63, 3.8) is 0 Å². The highest BCUT2D eigenvalue weighted by atomic mass is 16.2. The molecule has 1 N–H and O–H groups in total. The lowest BCUT2D eigenvalue weighted by Gasteiger charge is -2.23. The van der Waals surface area contributed by atoms with Crippen LogP contribution in [-0.2, 0) is 78.0 Å². The van der Waals surface area contributed by atoms with E-state index in [0.717, 1.165) is 78.3 Å². The first-order valence-electron chi connectivity index (χ1n) is 48.5. The number of aryl methyl sites for hydroxylation is 4. The zero-order valence-electron chi connectivity index (χ0n) is 82.4. The van der Waals surface area contributed by atoms with Gasteiger partial charge in [0.2, 0.25) is 0 Å². The number of aromatic amines is 1. The van der Waals surface area contributed by atoms with E-state index in [1.165, 1.54) is 28.5 Å². The molecule has 20 aromatic rings. The molecule has 8 aromatic heterocycles. The summed E-state index contributed by atoms with van der Waals surface area (Å²) >= 11 is 0. The lowest BCUT2D eigenvalue weighted by Crippen LogP contribution is -2.37. The predicted octanol–water partition coefficient (Wildman–Crippen LogP) is 17.8. The van der Waals surface area contributed by atoms with Gasteiger partial charge in [-0.15, -0.1) is 40.8 Å². The van der Waals surface area contributed by atoms with Crippen LogP contribution in [0.15, 0.2) is 352 Å². The van der Waals surface area contributed by atoms with E-state index in [1.54, 1.807) is 119 Å². The molecule has 0 radical (unpaired) electrons. The predicted molar refractivity (Wildman–Crippen MR) is 565 cm³/mol. The summed E-state index contributed by atoms with van der Waals surface area (Å²) in [4.78, 5) is 99.8. The van der Waals surface area contributed by atoms with Gasteiger partial charge in [-0.1, -0.05) is 222 Å². The third-order valence-electron chi connectivity index (χ3n) is 25.3. The van der Waals surface area contributed by atoms with Crippen molar-refractivity contribution in [1.29, 1.82) is 21.0 Å². The first-order chi connectivity index (χ1) is 72.8. The molecule has 0 saturated heterocycles. The molecule has 8 heterocycles. The molecular formula is C118H102N26O5. The zero-order chi connectivity index (χ0) is 103. The van der Waals surface area contributed by atoms with Crippen LogP contribution in [0.4, 0.5) is 0 Å². The maximum absolute atomic E-state index is 13.7. The van der Waals surface area contributed by atoms with Crippen LogP contribution in [0.3, 0.4) is 0 Å². The van der Waals surface area contributed by atoms with Crippen molar-refractivity contribution in [2.24, 2.45) is 0 Å². The largest absolute Gasteiger partial charge is 0.331 e. The number of para-hydroxylation sites is 5. The Morgan fingerprint density at radius 2 is 0.651 bits per heavy atom. The number of aromatic nitrogens is 18. The Morgan fingerprint density at radius 3 is 1.06 bits per heavy atom. The molecule has 0 bridgehead atoms. The SMILES string of the molecule is Cc1ccc(CCN(Cc2nncn2Cc2ccc(C#N)cc2)C(=O)c2ccc3ccccc3n2)cc1.Cc1ccc(CCN(Cc2nncn2Cc2ccc(C#N)cc2)C(=O)c2ccc3ncccc3c2)cc1.Cc1ccc(CCN(Cc2nncn2Cc2ccc(C#N)cc2)C(=O)c2cnc3ccccc3n2)cc1.Cc1ccc(CCN(Cc2nncn2Cc2ccc(C#N)cc2)C(=O)c2nc3ccccc3[nH]c2=O)cc1. The summed E-state index contributed by atoms with van der Waals surface area (Å²) in [7, 11) is 0. The van der Waals surface area contributed by atoms with Crippen LogP contribution in [0.2, 0.25) is 0 Å². The molecule has 31 heteroatoms. The van der Waals surface area contributed by atoms with E-state index in [1.807, 2.05) is 194 Å². The lowest BCUT2D eigenvalue weighted by molar-refractivity contribution is 0.0725. The van der Waals surface area contributed by atoms with Crippen LogP contribution in [0.1, 0.15) is 154 Å². The number of amides is 4. The summed E-state index contributed by atoms with van der Waals surface area (Å²) in [5.74, 6) is 1.72. The zero-order valence-corrected chi connectivity index (χ0v) is 82.4. The van der Waals surface area contributed by atoms with Crippen molar-refractivity contribution in [2.75, 3.05) is 26.2 Å². The molecule has 0 atom stereocenters. The fourth-order valence-corrected chi connectivity index (χ4v) is 16.7. The smallest absolute Gasteiger partial charge is 0.280 e. The van der Waals surface area contributed by atoms with E-state index >= 15 is 0 Å². The summed E-state index contributed by atoms with van der Waals surface area (Å²) in [5.41, 5.74) is 20.6. The summed E-state index contributed by atoms with van der Waals surface area (Å²) < 4.78 is 7.64. The second-order valence-electron chi connectivity index (χ2n) is 36.1. The number of benzene rings is 12. The molecule has 0 unspecified atom stereocenters. The van der Waals surface area contributed by atoms with Gasteiger partial charge in [-0.05, 0) is 207 Å². The van der Waals surface area contributed by atoms with Crippen LogP contribution < -0.4 is 5.56 Å². The quantitative estimate of drug-likeness (QED) is 0.0409. The van der Waals surface area contributed by atoms with Gasteiger partial charge < -0.3 is 42.9 Å². The van der Waals surface area contributed by atoms with E-state index < -0.39 is 11.5 Å². The fraction of sp³-hybridized carbons (Fsp3) is 0.169. The molecule has 734 valence electrons. The van der Waals surface area contributed by atoms with Gasteiger partial charge in [0.1, 0.15) is 36.7 Å². The number of pyridine rings is 2. The van der Waals surface area contributed by atoms with Crippen LogP contribution in [-0.4, -0.2) is 158 Å². The molecule has 0 aliphatic heterocycles. The van der Waals surface area contributed by atoms with Crippen LogP contribution in [0, 0.1) is 73.0 Å². The van der Waals surface area contributed by atoms with E-state index in [0.29, 0.717) is 164 Å². The number of hydrogen-bond acceptors (Lipinski definition) is 22. The van der Waals surface area contributed by atoms with Crippen LogP contribution in [0.25, 0.3) is 43.9 Å². The van der Waals surface area contributed by atoms with Crippen molar-refractivity contribution in [1.82, 2.24) is 109 Å².